The molecular weight excluding hydrogens is 364 g/mol. The number of aromatic nitrogens is 2. The van der Waals surface area contributed by atoms with Gasteiger partial charge in [-0.3, -0.25) is 4.79 Å². The van der Waals surface area contributed by atoms with Gasteiger partial charge in [0.15, 0.2) is 0 Å². The second kappa shape index (κ2) is 9.68. The molecule has 0 unspecified atom stereocenters. The Kier molecular flexibility index (Phi) is 6.79. The lowest BCUT2D eigenvalue weighted by Crippen LogP contribution is -2.27. The van der Waals surface area contributed by atoms with Gasteiger partial charge in [0.2, 0.25) is 0 Å². The first-order valence-corrected chi connectivity index (χ1v) is 9.60. The van der Waals surface area contributed by atoms with Crippen molar-refractivity contribution in [3.05, 3.63) is 82.8 Å². The largest absolute Gasteiger partial charge is 0.497 e. The third-order valence-corrected chi connectivity index (χ3v) is 4.46. The van der Waals surface area contributed by atoms with Crippen LogP contribution in [0.1, 0.15) is 33.0 Å². The van der Waals surface area contributed by atoms with Crippen LogP contribution in [0.15, 0.2) is 54.6 Å². The Labute approximate surface area is 171 Å². The predicted molar refractivity (Wildman–Crippen MR) is 114 cm³/mol. The van der Waals surface area contributed by atoms with Gasteiger partial charge in [-0.1, -0.05) is 42.0 Å². The van der Waals surface area contributed by atoms with E-state index in [2.05, 4.69) is 45.7 Å². The van der Waals surface area contributed by atoms with E-state index in [1.807, 2.05) is 30.3 Å². The van der Waals surface area contributed by atoms with Crippen LogP contribution in [0.3, 0.4) is 0 Å². The van der Waals surface area contributed by atoms with E-state index in [1.165, 1.54) is 5.56 Å². The van der Waals surface area contributed by atoms with Gasteiger partial charge < -0.3 is 15.4 Å². The van der Waals surface area contributed by atoms with Gasteiger partial charge in [0, 0.05) is 19.2 Å². The average molecular weight is 390 g/mol. The van der Waals surface area contributed by atoms with Crippen LogP contribution in [-0.4, -0.2) is 29.5 Å². The molecule has 1 amide bonds. The molecule has 0 fully saturated rings. The third kappa shape index (κ3) is 6.04. The van der Waals surface area contributed by atoms with Crippen molar-refractivity contribution in [3.63, 3.8) is 0 Å². The molecule has 0 aliphatic rings. The SMILES string of the molecule is COc1cccc(CCNC(=O)c2cc(NCc3cccc(C)c3)nc(C)n2)c1. The second-order valence-corrected chi connectivity index (χ2v) is 6.89. The number of carbonyl (C=O) groups excluding carboxylic acids is 1. The Morgan fingerprint density at radius 2 is 1.79 bits per heavy atom. The number of aryl methyl sites for hydroxylation is 2. The molecule has 6 nitrogen and oxygen atoms in total. The molecule has 0 saturated carbocycles. The van der Waals surface area contributed by atoms with E-state index < -0.39 is 0 Å². The molecular formula is C23H26N4O2. The predicted octanol–water partition coefficient (Wildman–Crippen LogP) is 3.69. The summed E-state index contributed by atoms with van der Waals surface area (Å²) in [6, 6.07) is 17.8. The molecule has 0 atom stereocenters. The summed E-state index contributed by atoms with van der Waals surface area (Å²) in [5.74, 6) is 1.79. The Bertz CT molecular complexity index is 988. The summed E-state index contributed by atoms with van der Waals surface area (Å²) in [5.41, 5.74) is 3.82. The van der Waals surface area contributed by atoms with E-state index in [-0.39, 0.29) is 5.91 Å². The number of anilines is 1. The highest BCUT2D eigenvalue weighted by Crippen LogP contribution is 2.13. The number of nitrogens with zero attached hydrogens (tertiary/aromatic N) is 2. The summed E-state index contributed by atoms with van der Waals surface area (Å²) < 4.78 is 5.23. The molecule has 29 heavy (non-hydrogen) atoms. The second-order valence-electron chi connectivity index (χ2n) is 6.89. The minimum absolute atomic E-state index is 0.211. The van der Waals surface area contributed by atoms with Crippen molar-refractivity contribution in [2.24, 2.45) is 0 Å². The van der Waals surface area contributed by atoms with Gasteiger partial charge >= 0.3 is 0 Å². The van der Waals surface area contributed by atoms with Crippen LogP contribution in [-0.2, 0) is 13.0 Å². The van der Waals surface area contributed by atoms with Crippen LogP contribution in [0.2, 0.25) is 0 Å². The van der Waals surface area contributed by atoms with Gasteiger partial charge in [0.05, 0.1) is 7.11 Å². The Hall–Kier alpha value is -3.41. The van der Waals surface area contributed by atoms with Gasteiger partial charge in [-0.15, -0.1) is 0 Å². The molecule has 3 aromatic rings. The Morgan fingerprint density at radius 3 is 2.59 bits per heavy atom. The smallest absolute Gasteiger partial charge is 0.270 e. The van der Waals surface area contributed by atoms with Crippen molar-refractivity contribution < 1.29 is 9.53 Å². The number of ether oxygens (including phenoxy) is 1. The van der Waals surface area contributed by atoms with Crippen molar-refractivity contribution >= 4 is 11.7 Å². The summed E-state index contributed by atoms with van der Waals surface area (Å²) in [6.07, 6.45) is 0.714. The maximum atomic E-state index is 12.5. The fourth-order valence-electron chi connectivity index (χ4n) is 3.03. The number of carbonyl (C=O) groups is 1. The van der Waals surface area contributed by atoms with E-state index in [0.29, 0.717) is 36.8 Å². The quantitative estimate of drug-likeness (QED) is 0.614. The zero-order valence-corrected chi connectivity index (χ0v) is 17.0. The first kappa shape index (κ1) is 20.3. The van der Waals surface area contributed by atoms with Crippen molar-refractivity contribution in [1.29, 1.82) is 0 Å². The van der Waals surface area contributed by atoms with E-state index in [4.69, 9.17) is 4.74 Å². The number of nitrogens with one attached hydrogen (secondary N) is 2. The average Bonchev–Trinajstić information content (AvgIpc) is 2.72. The van der Waals surface area contributed by atoms with Crippen molar-refractivity contribution in [2.45, 2.75) is 26.8 Å². The molecule has 2 N–H and O–H groups in total. The zero-order chi connectivity index (χ0) is 20.6. The molecule has 3 rings (SSSR count). The van der Waals surface area contributed by atoms with Crippen molar-refractivity contribution in [1.82, 2.24) is 15.3 Å². The summed E-state index contributed by atoms with van der Waals surface area (Å²) in [4.78, 5) is 21.2. The summed E-state index contributed by atoms with van der Waals surface area (Å²) >= 11 is 0. The van der Waals surface area contributed by atoms with E-state index in [0.717, 1.165) is 16.9 Å². The highest BCUT2D eigenvalue weighted by Gasteiger charge is 2.10. The summed E-state index contributed by atoms with van der Waals surface area (Å²) in [7, 11) is 1.64. The maximum Gasteiger partial charge on any atom is 0.270 e. The van der Waals surface area contributed by atoms with Crippen LogP contribution < -0.4 is 15.4 Å². The molecule has 0 bridgehead atoms. The molecule has 0 spiro atoms. The normalized spacial score (nSPS) is 10.4. The lowest BCUT2D eigenvalue weighted by atomic mass is 10.1. The van der Waals surface area contributed by atoms with Gasteiger partial charge in [-0.05, 0) is 43.5 Å². The minimum Gasteiger partial charge on any atom is -0.497 e. The van der Waals surface area contributed by atoms with Crippen LogP contribution in [0.5, 0.6) is 5.75 Å². The van der Waals surface area contributed by atoms with Crippen molar-refractivity contribution in [2.75, 3.05) is 19.0 Å². The van der Waals surface area contributed by atoms with Gasteiger partial charge in [-0.25, -0.2) is 9.97 Å². The van der Waals surface area contributed by atoms with Crippen LogP contribution in [0.25, 0.3) is 0 Å². The van der Waals surface area contributed by atoms with E-state index in [1.54, 1.807) is 20.1 Å². The molecule has 0 aliphatic heterocycles. The fraction of sp³-hybridized carbons (Fsp3) is 0.261. The lowest BCUT2D eigenvalue weighted by Gasteiger charge is -2.10. The number of rotatable bonds is 8. The standard InChI is InChI=1S/C23H26N4O2/c1-16-6-4-8-19(12-16)15-25-22-14-21(26-17(2)27-22)23(28)24-11-10-18-7-5-9-20(13-18)29-3/h4-9,12-14H,10-11,15H2,1-3H3,(H,24,28)(H,25,26,27). The number of amides is 1. The first-order valence-electron chi connectivity index (χ1n) is 9.60. The van der Waals surface area contributed by atoms with Crippen molar-refractivity contribution in [3.8, 4) is 5.75 Å². The van der Waals surface area contributed by atoms with Crippen LogP contribution in [0, 0.1) is 13.8 Å². The van der Waals surface area contributed by atoms with E-state index >= 15 is 0 Å². The highest BCUT2D eigenvalue weighted by atomic mass is 16.5. The molecule has 0 aliphatic carbocycles. The van der Waals surface area contributed by atoms with Crippen LogP contribution in [0.4, 0.5) is 5.82 Å². The first-order chi connectivity index (χ1) is 14.0. The molecule has 0 radical (unpaired) electrons. The highest BCUT2D eigenvalue weighted by molar-refractivity contribution is 5.92. The lowest BCUT2D eigenvalue weighted by molar-refractivity contribution is 0.0949. The number of methoxy groups -OCH3 is 1. The number of hydrogen-bond acceptors (Lipinski definition) is 5. The topological polar surface area (TPSA) is 76.1 Å². The number of hydrogen-bond donors (Lipinski definition) is 2. The zero-order valence-electron chi connectivity index (χ0n) is 17.0. The van der Waals surface area contributed by atoms with E-state index in [9.17, 15) is 4.79 Å². The molecule has 150 valence electrons. The molecule has 1 heterocycles. The Balaban J connectivity index is 1.58. The number of benzene rings is 2. The monoisotopic (exact) mass is 390 g/mol. The summed E-state index contributed by atoms with van der Waals surface area (Å²) in [5, 5.41) is 6.20. The van der Waals surface area contributed by atoms with Gasteiger partial charge in [0.1, 0.15) is 23.1 Å². The summed E-state index contributed by atoms with van der Waals surface area (Å²) in [6.45, 7) is 4.99. The van der Waals surface area contributed by atoms with Gasteiger partial charge in [-0.2, -0.15) is 0 Å². The van der Waals surface area contributed by atoms with Gasteiger partial charge in [0.25, 0.3) is 5.91 Å². The molecule has 1 aromatic heterocycles. The fourth-order valence-corrected chi connectivity index (χ4v) is 3.03. The Morgan fingerprint density at radius 1 is 1.00 bits per heavy atom. The van der Waals surface area contributed by atoms with Crippen LogP contribution >= 0.6 is 0 Å². The molecule has 6 heteroatoms. The third-order valence-electron chi connectivity index (χ3n) is 4.46. The maximum absolute atomic E-state index is 12.5. The molecule has 0 saturated heterocycles. The minimum atomic E-state index is -0.211. The molecule has 2 aromatic carbocycles.